The first-order valence-corrected chi connectivity index (χ1v) is 8.69. The molecule has 1 aliphatic rings. The van der Waals surface area contributed by atoms with Crippen LogP contribution in [-0.4, -0.2) is 39.0 Å². The van der Waals surface area contributed by atoms with Crippen molar-refractivity contribution in [1.29, 1.82) is 0 Å². The van der Waals surface area contributed by atoms with Crippen LogP contribution in [0.3, 0.4) is 0 Å². The quantitative estimate of drug-likeness (QED) is 0.745. The number of rotatable bonds is 7. The van der Waals surface area contributed by atoms with Gasteiger partial charge in [-0.3, -0.25) is 4.90 Å². The second kappa shape index (κ2) is 6.48. The molecular weight excluding hydrogens is 317 g/mol. The summed E-state index contributed by atoms with van der Waals surface area (Å²) in [4.78, 5) is 1.69. The van der Waals surface area contributed by atoms with E-state index in [4.69, 9.17) is 17.3 Å². The first-order valence-electron chi connectivity index (χ1n) is 6.83. The highest BCUT2D eigenvalue weighted by molar-refractivity contribution is 7.89. The van der Waals surface area contributed by atoms with Crippen LogP contribution in [0.5, 0.6) is 0 Å². The number of halogens is 2. The maximum Gasteiger partial charge on any atom is 0.243 e. The number of nitrogen functional groups attached to an aromatic ring is 1. The van der Waals surface area contributed by atoms with Crippen molar-refractivity contribution in [2.45, 2.75) is 30.7 Å². The Bertz CT molecular complexity index is 620. The third-order valence-electron chi connectivity index (χ3n) is 3.48. The Morgan fingerprint density at radius 1 is 1.48 bits per heavy atom. The second-order valence-electron chi connectivity index (χ2n) is 5.06. The summed E-state index contributed by atoms with van der Waals surface area (Å²) < 4.78 is 40.5. The molecule has 1 fully saturated rings. The van der Waals surface area contributed by atoms with Crippen molar-refractivity contribution in [3.8, 4) is 0 Å². The number of nitrogens with two attached hydrogens (primary N) is 1. The van der Waals surface area contributed by atoms with Crippen molar-refractivity contribution in [2.75, 3.05) is 25.4 Å². The Labute approximate surface area is 129 Å². The third kappa shape index (κ3) is 4.06. The monoisotopic (exact) mass is 335 g/mol. The van der Waals surface area contributed by atoms with Gasteiger partial charge in [0.1, 0.15) is 4.90 Å². The summed E-state index contributed by atoms with van der Waals surface area (Å²) in [7, 11) is -3.96. The van der Waals surface area contributed by atoms with Crippen LogP contribution in [-0.2, 0) is 10.0 Å². The van der Waals surface area contributed by atoms with Crippen LogP contribution in [0.25, 0.3) is 0 Å². The number of benzene rings is 1. The van der Waals surface area contributed by atoms with Gasteiger partial charge in [-0.25, -0.2) is 17.5 Å². The van der Waals surface area contributed by atoms with E-state index in [0.717, 1.165) is 25.5 Å². The van der Waals surface area contributed by atoms with Gasteiger partial charge in [0.15, 0.2) is 5.82 Å². The van der Waals surface area contributed by atoms with Crippen LogP contribution < -0.4 is 10.5 Å². The van der Waals surface area contributed by atoms with Gasteiger partial charge in [-0.1, -0.05) is 18.5 Å². The molecule has 0 aromatic heterocycles. The fourth-order valence-corrected chi connectivity index (χ4v) is 3.66. The molecule has 0 spiro atoms. The molecule has 0 saturated heterocycles. The van der Waals surface area contributed by atoms with E-state index in [-0.39, 0.29) is 17.3 Å². The van der Waals surface area contributed by atoms with Crippen molar-refractivity contribution in [1.82, 2.24) is 9.62 Å². The molecule has 0 atom stereocenters. The zero-order valence-electron chi connectivity index (χ0n) is 11.8. The number of nitrogens with one attached hydrogen (secondary N) is 1. The summed E-state index contributed by atoms with van der Waals surface area (Å²) in [5, 5.41) is 0.0856. The van der Waals surface area contributed by atoms with E-state index in [0.29, 0.717) is 12.6 Å². The Kier molecular flexibility index (Phi) is 5.08. The van der Waals surface area contributed by atoms with E-state index < -0.39 is 20.7 Å². The van der Waals surface area contributed by atoms with Gasteiger partial charge < -0.3 is 5.73 Å². The fraction of sp³-hybridized carbons (Fsp3) is 0.538. The van der Waals surface area contributed by atoms with E-state index in [2.05, 4.69) is 9.62 Å². The molecule has 1 aromatic rings. The van der Waals surface area contributed by atoms with Crippen molar-refractivity contribution in [3.05, 3.63) is 23.0 Å². The van der Waals surface area contributed by atoms with Crippen LogP contribution in [0.2, 0.25) is 5.02 Å². The minimum atomic E-state index is -3.96. The Morgan fingerprint density at radius 2 is 2.14 bits per heavy atom. The minimum Gasteiger partial charge on any atom is -0.396 e. The maximum absolute atomic E-state index is 13.9. The van der Waals surface area contributed by atoms with Crippen LogP contribution in [0.15, 0.2) is 17.0 Å². The highest BCUT2D eigenvalue weighted by Gasteiger charge is 2.28. The van der Waals surface area contributed by atoms with E-state index in [1.807, 2.05) is 6.92 Å². The summed E-state index contributed by atoms with van der Waals surface area (Å²) >= 11 is 5.74. The van der Waals surface area contributed by atoms with Gasteiger partial charge in [-0.2, -0.15) is 0 Å². The zero-order chi connectivity index (χ0) is 15.6. The van der Waals surface area contributed by atoms with Crippen LogP contribution in [0.4, 0.5) is 10.1 Å². The van der Waals surface area contributed by atoms with Crippen LogP contribution in [0, 0.1) is 5.82 Å². The van der Waals surface area contributed by atoms with E-state index >= 15 is 0 Å². The average Bonchev–Trinajstić information content (AvgIpc) is 3.23. The summed E-state index contributed by atoms with van der Waals surface area (Å²) in [5.74, 6) is -0.971. The van der Waals surface area contributed by atoms with Gasteiger partial charge in [-0.15, -0.1) is 0 Å². The highest BCUT2D eigenvalue weighted by Crippen LogP contribution is 2.26. The molecular formula is C13H19ClFN3O2S. The predicted octanol–water partition coefficient (Wildman–Crippen LogP) is 1.82. The molecule has 1 aliphatic carbocycles. The molecule has 21 heavy (non-hydrogen) atoms. The van der Waals surface area contributed by atoms with Crippen LogP contribution in [0.1, 0.15) is 19.8 Å². The van der Waals surface area contributed by atoms with Crippen molar-refractivity contribution in [3.63, 3.8) is 0 Å². The number of likely N-dealkylation sites (N-methyl/N-ethyl adjacent to an activating group) is 1. The van der Waals surface area contributed by atoms with Crippen LogP contribution >= 0.6 is 11.6 Å². The maximum atomic E-state index is 13.9. The van der Waals surface area contributed by atoms with E-state index in [1.54, 1.807) is 0 Å². The Balaban J connectivity index is 2.04. The number of nitrogens with zero attached hydrogens (tertiary/aromatic N) is 1. The SMILES string of the molecule is CCN(CCNS(=O)(=O)c1cc(Cl)cc(N)c1F)C1CC1. The lowest BCUT2D eigenvalue weighted by atomic mass is 10.3. The number of hydrogen-bond acceptors (Lipinski definition) is 4. The van der Waals surface area contributed by atoms with Gasteiger partial charge in [0, 0.05) is 24.2 Å². The lowest BCUT2D eigenvalue weighted by molar-refractivity contribution is 0.282. The molecule has 1 aromatic carbocycles. The lowest BCUT2D eigenvalue weighted by Gasteiger charge is -2.19. The average molecular weight is 336 g/mol. The highest BCUT2D eigenvalue weighted by atomic mass is 35.5. The second-order valence-corrected chi connectivity index (χ2v) is 7.24. The van der Waals surface area contributed by atoms with Crippen molar-refractivity contribution < 1.29 is 12.8 Å². The molecule has 1 saturated carbocycles. The first kappa shape index (κ1) is 16.5. The number of hydrogen-bond donors (Lipinski definition) is 2. The van der Waals surface area contributed by atoms with E-state index in [9.17, 15) is 12.8 Å². The largest absolute Gasteiger partial charge is 0.396 e. The molecule has 8 heteroatoms. The molecule has 0 heterocycles. The van der Waals surface area contributed by atoms with Crippen molar-refractivity contribution in [2.24, 2.45) is 0 Å². The Morgan fingerprint density at radius 3 is 2.71 bits per heavy atom. The van der Waals surface area contributed by atoms with Gasteiger partial charge in [-0.05, 0) is 31.5 Å². The molecule has 5 nitrogen and oxygen atoms in total. The van der Waals surface area contributed by atoms with Gasteiger partial charge in [0.25, 0.3) is 0 Å². The van der Waals surface area contributed by atoms with Crippen molar-refractivity contribution >= 4 is 27.3 Å². The number of anilines is 1. The van der Waals surface area contributed by atoms with Gasteiger partial charge in [0.05, 0.1) is 5.69 Å². The third-order valence-corrected chi connectivity index (χ3v) is 5.16. The molecule has 3 N–H and O–H groups in total. The molecule has 2 rings (SSSR count). The van der Waals surface area contributed by atoms with E-state index in [1.165, 1.54) is 6.07 Å². The molecule has 118 valence electrons. The normalized spacial score (nSPS) is 15.6. The standard InChI is InChI=1S/C13H19ClFN3O2S/c1-2-18(10-3-4-10)6-5-17-21(19,20)12-8-9(14)7-11(16)13(12)15/h7-8,10,17H,2-6,16H2,1H3. The summed E-state index contributed by atoms with van der Waals surface area (Å²) in [6, 6.07) is 2.80. The van der Waals surface area contributed by atoms with Gasteiger partial charge >= 0.3 is 0 Å². The Hall–Kier alpha value is -0.890. The smallest absolute Gasteiger partial charge is 0.243 e. The topological polar surface area (TPSA) is 75.4 Å². The number of sulfonamides is 1. The summed E-state index contributed by atoms with van der Waals surface area (Å²) in [6.07, 6.45) is 2.31. The molecule has 0 radical (unpaired) electrons. The fourth-order valence-electron chi connectivity index (χ4n) is 2.22. The first-order chi connectivity index (χ1) is 9.85. The lowest BCUT2D eigenvalue weighted by Crippen LogP contribution is -2.36. The molecule has 0 unspecified atom stereocenters. The van der Waals surface area contributed by atoms with Gasteiger partial charge in [0.2, 0.25) is 10.0 Å². The molecule has 0 amide bonds. The zero-order valence-corrected chi connectivity index (χ0v) is 13.3. The minimum absolute atomic E-state index is 0.0856. The molecule has 0 bridgehead atoms. The predicted molar refractivity (Wildman–Crippen MR) is 81.3 cm³/mol. The summed E-state index contributed by atoms with van der Waals surface area (Å²) in [6.45, 7) is 3.71. The molecule has 0 aliphatic heterocycles. The summed E-state index contributed by atoms with van der Waals surface area (Å²) in [5.41, 5.74) is 5.12.